The highest BCUT2D eigenvalue weighted by molar-refractivity contribution is 7.92. The highest BCUT2D eigenvalue weighted by Gasteiger charge is 2.44. The van der Waals surface area contributed by atoms with E-state index in [9.17, 15) is 26.8 Å². The molecule has 14 heteroatoms. The van der Waals surface area contributed by atoms with Crippen LogP contribution in [0, 0.1) is 5.41 Å². The molecule has 4 N–H and O–H groups in total. The summed E-state index contributed by atoms with van der Waals surface area (Å²) < 4.78 is 67.0. The number of nitrogens with zero attached hydrogens (tertiary/aromatic N) is 2. The van der Waals surface area contributed by atoms with E-state index in [1.807, 2.05) is 11.0 Å². The van der Waals surface area contributed by atoms with Gasteiger partial charge in [0.25, 0.3) is 11.8 Å². The number of anilines is 4. The largest absolute Gasteiger partial charge is 0.491 e. The smallest absolute Gasteiger partial charge is 0.322 e. The topological polar surface area (TPSA) is 143 Å². The second kappa shape index (κ2) is 13.1. The summed E-state index contributed by atoms with van der Waals surface area (Å²) in [5, 5.41) is 3.03. The minimum atomic E-state index is -3.88. The number of benzene rings is 2. The lowest BCUT2D eigenvalue weighted by Crippen LogP contribution is -2.39. The van der Waals surface area contributed by atoms with Gasteiger partial charge >= 0.3 is 5.97 Å². The molecule has 2 aromatic carbocycles. The Morgan fingerprint density at radius 2 is 1.64 bits per heavy atom. The van der Waals surface area contributed by atoms with Gasteiger partial charge in [0.2, 0.25) is 10.0 Å². The number of hydrogen-bond donors (Lipinski definition) is 3. The monoisotopic (exact) mass is 675 g/mol. The van der Waals surface area contributed by atoms with Crippen molar-refractivity contribution in [2.24, 2.45) is 11.1 Å². The van der Waals surface area contributed by atoms with Crippen LogP contribution in [0.3, 0.4) is 0 Å². The number of esters is 1. The Balaban J connectivity index is 1.24. The van der Waals surface area contributed by atoms with Gasteiger partial charge in [-0.05, 0) is 86.8 Å². The van der Waals surface area contributed by atoms with Crippen LogP contribution in [0.5, 0.6) is 5.75 Å². The lowest BCUT2D eigenvalue weighted by atomic mass is 9.93. The predicted molar refractivity (Wildman–Crippen MR) is 176 cm³/mol. The first-order valence-corrected chi connectivity index (χ1v) is 18.0. The first kappa shape index (κ1) is 33.3. The molecule has 256 valence electrons. The molecule has 3 aliphatic heterocycles. The molecule has 2 saturated heterocycles. The number of sulfonamides is 1. The number of aryl methyl sites for hydroxylation is 1. The Hall–Kier alpha value is -3.65. The minimum absolute atomic E-state index is 0.187. The van der Waals surface area contributed by atoms with Crippen molar-refractivity contribution in [2.45, 2.75) is 70.3 Å². The average molecular weight is 676 g/mol. The lowest BCUT2D eigenvalue weighted by Gasteiger charge is -2.36. The maximum atomic E-state index is 14.0. The third kappa shape index (κ3) is 7.91. The second-order valence-electron chi connectivity index (χ2n) is 13.3. The molecule has 0 bridgehead atoms. The Bertz CT molecular complexity index is 1610. The van der Waals surface area contributed by atoms with Crippen LogP contribution in [0.15, 0.2) is 30.3 Å². The number of hydrogen-bond acceptors (Lipinski definition) is 9. The summed E-state index contributed by atoms with van der Waals surface area (Å²) in [6.45, 7) is 3.51. The highest BCUT2D eigenvalue weighted by atomic mass is 32.2. The molecule has 3 fully saturated rings. The maximum Gasteiger partial charge on any atom is 0.322 e. The van der Waals surface area contributed by atoms with E-state index in [0.717, 1.165) is 44.3 Å². The van der Waals surface area contributed by atoms with Crippen LogP contribution in [0.1, 0.15) is 67.8 Å². The van der Waals surface area contributed by atoms with Crippen LogP contribution < -0.4 is 30.3 Å². The van der Waals surface area contributed by atoms with E-state index in [1.165, 1.54) is 25.8 Å². The Kier molecular flexibility index (Phi) is 9.27. The summed E-state index contributed by atoms with van der Waals surface area (Å²) in [6.07, 6.45) is 5.49. The number of halogens is 2. The van der Waals surface area contributed by atoms with Crippen LogP contribution in [-0.4, -0.2) is 77.4 Å². The zero-order chi connectivity index (χ0) is 33.4. The number of nitrogens with two attached hydrogens (primary N) is 1. The zero-order valence-electron chi connectivity index (χ0n) is 26.7. The molecule has 3 heterocycles. The molecule has 11 nitrogen and oxygen atoms in total. The molecule has 1 atom stereocenters. The summed E-state index contributed by atoms with van der Waals surface area (Å²) in [7, 11) is -3.88. The van der Waals surface area contributed by atoms with Gasteiger partial charge in [-0.3, -0.25) is 14.3 Å². The van der Waals surface area contributed by atoms with E-state index < -0.39 is 33.7 Å². The van der Waals surface area contributed by atoms with E-state index in [1.54, 1.807) is 18.2 Å². The fraction of sp³-hybridized carbons (Fsp3) is 0.576. The van der Waals surface area contributed by atoms with E-state index in [2.05, 4.69) is 14.9 Å². The van der Waals surface area contributed by atoms with Gasteiger partial charge in [0.15, 0.2) is 0 Å². The van der Waals surface area contributed by atoms with Crippen molar-refractivity contribution in [3.05, 3.63) is 41.5 Å². The quantitative estimate of drug-likeness (QED) is 0.310. The molecular weight excluding hydrogens is 632 g/mol. The maximum absolute atomic E-state index is 14.0. The third-order valence-electron chi connectivity index (χ3n) is 9.68. The number of nitrogens with one attached hydrogen (secondary N) is 2. The van der Waals surface area contributed by atoms with E-state index in [-0.39, 0.29) is 44.1 Å². The van der Waals surface area contributed by atoms with Gasteiger partial charge in [-0.25, -0.2) is 17.2 Å². The van der Waals surface area contributed by atoms with Crippen molar-refractivity contribution in [3.63, 3.8) is 0 Å². The van der Waals surface area contributed by atoms with Crippen LogP contribution in [-0.2, 0) is 26.0 Å². The van der Waals surface area contributed by atoms with Gasteiger partial charge in [0, 0.05) is 44.7 Å². The van der Waals surface area contributed by atoms with Gasteiger partial charge in [0.05, 0.1) is 29.2 Å². The number of rotatable bonds is 10. The fourth-order valence-electron chi connectivity index (χ4n) is 6.60. The third-order valence-corrected chi connectivity index (χ3v) is 10.9. The van der Waals surface area contributed by atoms with Gasteiger partial charge in [-0.1, -0.05) is 0 Å². The molecule has 1 amide bonds. The summed E-state index contributed by atoms with van der Waals surface area (Å²) in [5.74, 6) is -3.51. The second-order valence-corrected chi connectivity index (χ2v) is 15.2. The Morgan fingerprint density at radius 1 is 0.979 bits per heavy atom. The van der Waals surface area contributed by atoms with Gasteiger partial charge in [-0.15, -0.1) is 0 Å². The van der Waals surface area contributed by atoms with Crippen molar-refractivity contribution >= 4 is 44.6 Å². The predicted octanol–water partition coefficient (Wildman–Crippen LogP) is 4.51. The molecule has 2 aromatic rings. The van der Waals surface area contributed by atoms with Crippen LogP contribution >= 0.6 is 0 Å². The molecule has 1 aliphatic carbocycles. The summed E-state index contributed by atoms with van der Waals surface area (Å²) in [6, 6.07) is 7.64. The number of carbonyl (C=O) groups is 2. The number of amides is 1. The van der Waals surface area contributed by atoms with Gasteiger partial charge in [0.1, 0.15) is 24.2 Å². The SMILES string of the molecule is CC(N)C(=O)OCCS(=O)(=O)Nc1ccc(C(=O)Nc2cc3c(c(N4CCC(F)(F)CC4)c2)OCCC3)c(N2CCC3(CC2)CC3)c1. The highest BCUT2D eigenvalue weighted by Crippen LogP contribution is 2.54. The molecule has 1 unspecified atom stereocenters. The lowest BCUT2D eigenvalue weighted by molar-refractivity contribution is -0.144. The first-order chi connectivity index (χ1) is 22.3. The normalized spacial score (nSPS) is 20.5. The first-order valence-electron chi connectivity index (χ1n) is 16.4. The molecule has 0 radical (unpaired) electrons. The molecular formula is C33H43F2N5O6S. The van der Waals surface area contributed by atoms with E-state index >= 15 is 0 Å². The summed E-state index contributed by atoms with van der Waals surface area (Å²) in [4.78, 5) is 29.6. The standard InChI is InChI=1S/C33H43F2N5O6S/c1-22(36)31(42)46-17-18-47(43,44)38-24-4-5-26(27(20-24)39-12-8-32(6-7-32)9-13-39)30(41)37-25-19-23-3-2-16-45-29(23)28(21-25)40-14-10-33(34,35)11-15-40/h4-5,19-22,38H,2-3,6-18,36H2,1H3,(H,37,41). The van der Waals surface area contributed by atoms with Gasteiger partial charge in [-0.2, -0.15) is 0 Å². The molecule has 47 heavy (non-hydrogen) atoms. The van der Waals surface area contributed by atoms with Crippen molar-refractivity contribution in [2.75, 3.05) is 65.0 Å². The van der Waals surface area contributed by atoms with Crippen LogP contribution in [0.25, 0.3) is 0 Å². The van der Waals surface area contributed by atoms with Gasteiger partial charge < -0.3 is 30.3 Å². The molecule has 6 rings (SSSR count). The number of piperidine rings is 2. The number of carbonyl (C=O) groups excluding carboxylic acids is 2. The zero-order valence-corrected chi connectivity index (χ0v) is 27.5. The molecule has 1 spiro atoms. The number of alkyl halides is 2. The Morgan fingerprint density at radius 3 is 2.32 bits per heavy atom. The van der Waals surface area contributed by atoms with E-state index in [0.29, 0.717) is 40.4 Å². The molecule has 1 saturated carbocycles. The van der Waals surface area contributed by atoms with Crippen molar-refractivity contribution in [1.29, 1.82) is 0 Å². The van der Waals surface area contributed by atoms with Crippen molar-refractivity contribution in [1.82, 2.24) is 0 Å². The summed E-state index contributed by atoms with van der Waals surface area (Å²) in [5.41, 5.74) is 9.31. The molecule has 4 aliphatic rings. The van der Waals surface area contributed by atoms with E-state index in [4.69, 9.17) is 15.2 Å². The number of ether oxygens (including phenoxy) is 2. The summed E-state index contributed by atoms with van der Waals surface area (Å²) >= 11 is 0. The van der Waals surface area contributed by atoms with Crippen molar-refractivity contribution in [3.8, 4) is 5.75 Å². The van der Waals surface area contributed by atoms with Crippen LogP contribution in [0.4, 0.5) is 31.5 Å². The average Bonchev–Trinajstić information content (AvgIpc) is 3.79. The number of fused-ring (bicyclic) bond motifs is 1. The van der Waals surface area contributed by atoms with Crippen molar-refractivity contribution < 1.29 is 36.3 Å². The minimum Gasteiger partial charge on any atom is -0.491 e. The molecule has 0 aromatic heterocycles. The van der Waals surface area contributed by atoms with Crippen LogP contribution in [0.2, 0.25) is 0 Å². The Labute approximate surface area is 274 Å². The fourth-order valence-corrected chi connectivity index (χ4v) is 7.49.